The van der Waals surface area contributed by atoms with Gasteiger partial charge in [0, 0.05) is 17.3 Å². The van der Waals surface area contributed by atoms with Crippen molar-refractivity contribution >= 4 is 11.3 Å². The Bertz CT molecular complexity index is 452. The predicted molar refractivity (Wildman–Crippen MR) is 86.2 cm³/mol. The third-order valence-corrected chi connectivity index (χ3v) is 6.22. The molecule has 2 saturated carbocycles. The molecule has 1 N–H and O–H groups in total. The number of fused-ring (bicyclic) bond motifs is 2. The topological polar surface area (TPSA) is 24.9 Å². The van der Waals surface area contributed by atoms with Crippen LogP contribution in [0.25, 0.3) is 0 Å². The zero-order valence-electron chi connectivity index (χ0n) is 13.1. The van der Waals surface area contributed by atoms with Gasteiger partial charge in [0.2, 0.25) is 0 Å². The van der Waals surface area contributed by atoms with Crippen LogP contribution in [0.4, 0.5) is 0 Å². The Kier molecular flexibility index (Phi) is 4.46. The lowest BCUT2D eigenvalue weighted by Crippen LogP contribution is -2.12. The van der Waals surface area contributed by atoms with Crippen LogP contribution in [0.15, 0.2) is 0 Å². The van der Waals surface area contributed by atoms with E-state index in [9.17, 15) is 0 Å². The highest BCUT2D eigenvalue weighted by molar-refractivity contribution is 7.11. The normalized spacial score (nSPS) is 28.7. The Balaban J connectivity index is 1.78. The summed E-state index contributed by atoms with van der Waals surface area (Å²) in [5.41, 5.74) is 1.38. The Hall–Kier alpha value is -0.410. The molecule has 1 heterocycles. The first-order valence-electron chi connectivity index (χ1n) is 8.36. The number of nitrogens with zero attached hydrogens (tertiary/aromatic N) is 1. The highest BCUT2D eigenvalue weighted by Crippen LogP contribution is 2.53. The summed E-state index contributed by atoms with van der Waals surface area (Å²) in [6.45, 7) is 8.83. The summed E-state index contributed by atoms with van der Waals surface area (Å²) >= 11 is 2.00. The van der Waals surface area contributed by atoms with Crippen molar-refractivity contribution in [2.75, 3.05) is 6.54 Å². The molecule has 2 aliphatic rings. The Morgan fingerprint density at radius 1 is 1.30 bits per heavy atom. The number of aromatic nitrogens is 1. The molecule has 2 fully saturated rings. The van der Waals surface area contributed by atoms with Crippen molar-refractivity contribution in [3.8, 4) is 0 Å². The van der Waals surface area contributed by atoms with Gasteiger partial charge in [-0.1, -0.05) is 27.2 Å². The van der Waals surface area contributed by atoms with Gasteiger partial charge in [-0.05, 0) is 50.0 Å². The summed E-state index contributed by atoms with van der Waals surface area (Å²) < 4.78 is 0. The molecule has 0 saturated heterocycles. The minimum Gasteiger partial charge on any atom is -0.312 e. The van der Waals surface area contributed by atoms with Gasteiger partial charge in [-0.3, -0.25) is 0 Å². The molecule has 3 rings (SSSR count). The van der Waals surface area contributed by atoms with Crippen molar-refractivity contribution in [2.45, 2.75) is 65.3 Å². The van der Waals surface area contributed by atoms with E-state index in [0.717, 1.165) is 37.3 Å². The molecule has 2 aliphatic carbocycles. The molecular formula is C17H28N2S. The fourth-order valence-corrected chi connectivity index (χ4v) is 5.30. The second-order valence-electron chi connectivity index (χ2n) is 7.08. The van der Waals surface area contributed by atoms with E-state index in [0.29, 0.717) is 5.92 Å². The van der Waals surface area contributed by atoms with Crippen LogP contribution in [0, 0.1) is 17.8 Å². The van der Waals surface area contributed by atoms with Gasteiger partial charge in [0.05, 0.1) is 10.7 Å². The monoisotopic (exact) mass is 292 g/mol. The summed E-state index contributed by atoms with van der Waals surface area (Å²) in [5.74, 6) is 3.45. The first-order valence-corrected chi connectivity index (χ1v) is 9.18. The average Bonchev–Trinajstić information content (AvgIpc) is 3.10. The van der Waals surface area contributed by atoms with Crippen LogP contribution in [0.1, 0.15) is 68.0 Å². The number of hydrogen-bond acceptors (Lipinski definition) is 3. The Labute approximate surface area is 127 Å². The summed E-state index contributed by atoms with van der Waals surface area (Å²) in [5, 5.41) is 4.95. The zero-order valence-corrected chi connectivity index (χ0v) is 13.9. The van der Waals surface area contributed by atoms with Gasteiger partial charge >= 0.3 is 0 Å². The molecule has 1 aromatic rings. The van der Waals surface area contributed by atoms with Crippen LogP contribution in [-0.2, 0) is 13.0 Å². The number of rotatable bonds is 6. The van der Waals surface area contributed by atoms with Crippen molar-refractivity contribution in [3.63, 3.8) is 0 Å². The maximum absolute atomic E-state index is 5.08. The number of nitrogens with one attached hydrogen (secondary N) is 1. The molecule has 112 valence electrons. The molecule has 0 spiro atoms. The molecule has 0 aliphatic heterocycles. The number of thiazole rings is 1. The van der Waals surface area contributed by atoms with Gasteiger partial charge in [0.1, 0.15) is 0 Å². The van der Waals surface area contributed by atoms with E-state index in [1.54, 1.807) is 0 Å². The average molecular weight is 292 g/mol. The lowest BCUT2D eigenvalue weighted by Gasteiger charge is -2.18. The van der Waals surface area contributed by atoms with Crippen molar-refractivity contribution in [1.82, 2.24) is 10.3 Å². The lowest BCUT2D eigenvalue weighted by molar-refractivity contribution is 0.418. The van der Waals surface area contributed by atoms with Crippen molar-refractivity contribution in [1.29, 1.82) is 0 Å². The number of hydrogen-bond donors (Lipinski definition) is 1. The SMILES string of the molecule is CCNCc1sc(C2CC3CCC2C3)nc1CC(C)C. The molecule has 3 heteroatoms. The van der Waals surface area contributed by atoms with E-state index in [1.807, 2.05) is 11.3 Å². The summed E-state index contributed by atoms with van der Waals surface area (Å²) in [6, 6.07) is 0. The summed E-state index contributed by atoms with van der Waals surface area (Å²) in [7, 11) is 0. The quantitative estimate of drug-likeness (QED) is 0.843. The molecule has 3 atom stereocenters. The van der Waals surface area contributed by atoms with Crippen LogP contribution in [-0.4, -0.2) is 11.5 Å². The van der Waals surface area contributed by atoms with Crippen LogP contribution in [0.3, 0.4) is 0 Å². The van der Waals surface area contributed by atoms with Crippen LogP contribution < -0.4 is 5.32 Å². The van der Waals surface area contributed by atoms with Gasteiger partial charge < -0.3 is 5.32 Å². The highest BCUT2D eigenvalue weighted by atomic mass is 32.1. The fourth-order valence-electron chi connectivity index (χ4n) is 4.03. The van der Waals surface area contributed by atoms with E-state index >= 15 is 0 Å². The van der Waals surface area contributed by atoms with Crippen molar-refractivity contribution < 1.29 is 0 Å². The van der Waals surface area contributed by atoms with Gasteiger partial charge in [0.15, 0.2) is 0 Å². The summed E-state index contributed by atoms with van der Waals surface area (Å²) in [4.78, 5) is 6.58. The molecule has 20 heavy (non-hydrogen) atoms. The molecular weight excluding hydrogens is 264 g/mol. The van der Waals surface area contributed by atoms with Gasteiger partial charge in [-0.15, -0.1) is 11.3 Å². The van der Waals surface area contributed by atoms with Crippen molar-refractivity contribution in [3.05, 3.63) is 15.6 Å². The lowest BCUT2D eigenvalue weighted by atomic mass is 9.89. The van der Waals surface area contributed by atoms with Gasteiger partial charge in [0.25, 0.3) is 0 Å². The molecule has 0 aromatic carbocycles. The van der Waals surface area contributed by atoms with E-state index in [-0.39, 0.29) is 0 Å². The minimum atomic E-state index is 0.699. The van der Waals surface area contributed by atoms with E-state index in [4.69, 9.17) is 4.98 Å². The molecule has 3 unspecified atom stereocenters. The van der Waals surface area contributed by atoms with E-state index in [2.05, 4.69) is 26.1 Å². The maximum Gasteiger partial charge on any atom is 0.0965 e. The van der Waals surface area contributed by atoms with Gasteiger partial charge in [-0.25, -0.2) is 4.98 Å². The first kappa shape index (κ1) is 14.5. The fraction of sp³-hybridized carbons (Fsp3) is 0.824. The molecule has 2 nitrogen and oxygen atoms in total. The van der Waals surface area contributed by atoms with E-state index in [1.165, 1.54) is 41.3 Å². The highest BCUT2D eigenvalue weighted by Gasteiger charge is 2.41. The molecule has 0 radical (unpaired) electrons. The third kappa shape index (κ3) is 2.94. The van der Waals surface area contributed by atoms with Crippen LogP contribution in [0.5, 0.6) is 0 Å². The minimum absolute atomic E-state index is 0.699. The van der Waals surface area contributed by atoms with Crippen molar-refractivity contribution in [2.24, 2.45) is 17.8 Å². The second-order valence-corrected chi connectivity index (χ2v) is 8.20. The summed E-state index contributed by atoms with van der Waals surface area (Å²) in [6.07, 6.45) is 6.97. The maximum atomic E-state index is 5.08. The second kappa shape index (κ2) is 6.15. The molecule has 2 bridgehead atoms. The zero-order chi connectivity index (χ0) is 14.1. The third-order valence-electron chi connectivity index (χ3n) is 4.99. The smallest absolute Gasteiger partial charge is 0.0965 e. The van der Waals surface area contributed by atoms with Gasteiger partial charge in [-0.2, -0.15) is 0 Å². The largest absolute Gasteiger partial charge is 0.312 e. The standard InChI is InChI=1S/C17H28N2S/c1-4-18-10-16-15(7-11(2)3)19-17(20-16)14-9-12-5-6-13(14)8-12/h11-14,18H,4-10H2,1-3H3. The van der Waals surface area contributed by atoms with Crippen LogP contribution in [0.2, 0.25) is 0 Å². The predicted octanol–water partition coefficient (Wildman–Crippen LogP) is 4.35. The molecule has 1 aromatic heterocycles. The molecule has 0 amide bonds. The Morgan fingerprint density at radius 2 is 2.15 bits per heavy atom. The van der Waals surface area contributed by atoms with Crippen LogP contribution >= 0.6 is 11.3 Å². The van der Waals surface area contributed by atoms with E-state index < -0.39 is 0 Å². The first-order chi connectivity index (χ1) is 9.67. The Morgan fingerprint density at radius 3 is 2.75 bits per heavy atom.